The fourth-order valence-electron chi connectivity index (χ4n) is 4.12. The first-order valence-electron chi connectivity index (χ1n) is 9.97. The molecule has 2 aromatic rings. The van der Waals surface area contributed by atoms with E-state index in [-0.39, 0.29) is 23.3 Å². The van der Waals surface area contributed by atoms with Gasteiger partial charge in [0.05, 0.1) is 23.4 Å². The number of aryl methyl sites for hydroxylation is 1. The van der Waals surface area contributed by atoms with Gasteiger partial charge in [-0.25, -0.2) is 9.97 Å². The molecule has 7 heteroatoms. The molecule has 29 heavy (non-hydrogen) atoms. The molecule has 0 unspecified atom stereocenters. The minimum absolute atomic E-state index is 0.144. The summed E-state index contributed by atoms with van der Waals surface area (Å²) in [5, 5.41) is 16.5. The predicted molar refractivity (Wildman–Crippen MR) is 109 cm³/mol. The standard InChI is InChI=1S/C22H28N4O3/c1-15-18(12-23-14-25-15)21(29)24-13-22(17-6-4-3-5-7-17)10-8-19(26-16(2)27)20(28)9-11-22/h3-7,12,14,19-20,28H,8-11,13H2,1-2H3,(H,24,29)(H,26,27)/t19-,20-,22-/m0/s1. The predicted octanol–water partition coefficient (Wildman–Crippen LogP) is 1.89. The molecule has 0 bridgehead atoms. The van der Waals surface area contributed by atoms with E-state index in [0.717, 1.165) is 12.0 Å². The Hall–Kier alpha value is -2.80. The van der Waals surface area contributed by atoms with Gasteiger partial charge in [0, 0.05) is 25.1 Å². The monoisotopic (exact) mass is 396 g/mol. The Kier molecular flexibility index (Phi) is 6.59. The van der Waals surface area contributed by atoms with E-state index in [1.54, 1.807) is 6.92 Å². The molecule has 3 N–H and O–H groups in total. The number of aromatic nitrogens is 2. The van der Waals surface area contributed by atoms with Crippen LogP contribution in [0.4, 0.5) is 0 Å². The van der Waals surface area contributed by atoms with Crippen molar-refractivity contribution >= 4 is 11.8 Å². The summed E-state index contributed by atoms with van der Waals surface area (Å²) in [6.07, 6.45) is 4.97. The van der Waals surface area contributed by atoms with Crippen molar-refractivity contribution in [3.8, 4) is 0 Å². The second-order valence-electron chi connectivity index (χ2n) is 7.80. The van der Waals surface area contributed by atoms with E-state index in [0.29, 0.717) is 37.1 Å². The third-order valence-electron chi connectivity index (χ3n) is 5.84. The summed E-state index contributed by atoms with van der Waals surface area (Å²) < 4.78 is 0. The molecule has 1 saturated carbocycles. The van der Waals surface area contributed by atoms with E-state index >= 15 is 0 Å². The molecule has 0 spiro atoms. The third-order valence-corrected chi connectivity index (χ3v) is 5.84. The minimum Gasteiger partial charge on any atom is -0.391 e. The van der Waals surface area contributed by atoms with Gasteiger partial charge in [0.2, 0.25) is 5.91 Å². The van der Waals surface area contributed by atoms with Crippen molar-refractivity contribution in [1.29, 1.82) is 0 Å². The van der Waals surface area contributed by atoms with Gasteiger partial charge in [-0.3, -0.25) is 9.59 Å². The molecule has 7 nitrogen and oxygen atoms in total. The molecule has 1 aliphatic rings. The lowest BCUT2D eigenvalue weighted by atomic mass is 9.74. The molecule has 1 heterocycles. The van der Waals surface area contributed by atoms with Crippen LogP contribution in [0.3, 0.4) is 0 Å². The van der Waals surface area contributed by atoms with E-state index in [4.69, 9.17) is 0 Å². The van der Waals surface area contributed by atoms with Crippen molar-refractivity contribution in [3.63, 3.8) is 0 Å². The lowest BCUT2D eigenvalue weighted by molar-refractivity contribution is -0.120. The van der Waals surface area contributed by atoms with Gasteiger partial charge in [-0.15, -0.1) is 0 Å². The quantitative estimate of drug-likeness (QED) is 0.670. The van der Waals surface area contributed by atoms with Crippen molar-refractivity contribution in [3.05, 3.63) is 59.7 Å². The number of rotatable bonds is 5. The van der Waals surface area contributed by atoms with Gasteiger partial charge in [0.1, 0.15) is 6.33 Å². The number of amides is 2. The molecule has 2 amide bonds. The molecule has 3 atom stereocenters. The number of nitrogens with one attached hydrogen (secondary N) is 2. The Morgan fingerprint density at radius 2 is 1.93 bits per heavy atom. The van der Waals surface area contributed by atoms with Crippen LogP contribution >= 0.6 is 0 Å². The lowest BCUT2D eigenvalue weighted by Crippen LogP contribution is -2.42. The zero-order valence-electron chi connectivity index (χ0n) is 16.9. The summed E-state index contributed by atoms with van der Waals surface area (Å²) in [5.41, 5.74) is 1.89. The number of aliphatic hydroxyl groups is 1. The van der Waals surface area contributed by atoms with Crippen molar-refractivity contribution in [2.24, 2.45) is 0 Å². The molecule has 3 rings (SSSR count). The molecule has 1 aliphatic carbocycles. The summed E-state index contributed by atoms with van der Waals surface area (Å²) in [4.78, 5) is 32.3. The van der Waals surface area contributed by atoms with Crippen LogP contribution in [0.5, 0.6) is 0 Å². The number of nitrogens with zero attached hydrogens (tertiary/aromatic N) is 2. The molecule has 1 aromatic carbocycles. The first-order valence-corrected chi connectivity index (χ1v) is 9.97. The van der Waals surface area contributed by atoms with Gasteiger partial charge in [-0.05, 0) is 38.2 Å². The Bertz CT molecular complexity index is 858. The Labute approximate surface area is 171 Å². The maximum absolute atomic E-state index is 12.7. The van der Waals surface area contributed by atoms with Gasteiger partial charge in [0.15, 0.2) is 0 Å². The van der Waals surface area contributed by atoms with Crippen LogP contribution in [0.1, 0.15) is 54.2 Å². The Balaban J connectivity index is 1.83. The highest BCUT2D eigenvalue weighted by molar-refractivity contribution is 5.94. The fraction of sp³-hybridized carbons (Fsp3) is 0.455. The molecular formula is C22H28N4O3. The van der Waals surface area contributed by atoms with Crippen LogP contribution in [0, 0.1) is 6.92 Å². The van der Waals surface area contributed by atoms with Crippen LogP contribution in [0.25, 0.3) is 0 Å². The maximum atomic E-state index is 12.7. The fourth-order valence-corrected chi connectivity index (χ4v) is 4.12. The Morgan fingerprint density at radius 3 is 2.62 bits per heavy atom. The molecule has 0 radical (unpaired) electrons. The number of benzene rings is 1. The largest absolute Gasteiger partial charge is 0.391 e. The first kappa shape index (κ1) is 20.9. The first-order chi connectivity index (χ1) is 13.9. The topological polar surface area (TPSA) is 104 Å². The molecule has 1 fully saturated rings. The lowest BCUT2D eigenvalue weighted by Gasteiger charge is -2.34. The van der Waals surface area contributed by atoms with Crippen LogP contribution in [-0.2, 0) is 10.2 Å². The van der Waals surface area contributed by atoms with E-state index in [9.17, 15) is 14.7 Å². The SMILES string of the molecule is CC(=O)N[C@H]1CC[C@](CNC(=O)c2cncnc2C)(c2ccccc2)CC[C@@H]1O. The maximum Gasteiger partial charge on any atom is 0.254 e. The molecule has 0 saturated heterocycles. The average Bonchev–Trinajstić information content (AvgIpc) is 2.87. The van der Waals surface area contributed by atoms with Gasteiger partial charge in [-0.1, -0.05) is 30.3 Å². The minimum atomic E-state index is -0.607. The second-order valence-corrected chi connectivity index (χ2v) is 7.80. The van der Waals surface area contributed by atoms with E-state index < -0.39 is 6.10 Å². The third kappa shape index (κ3) is 4.98. The average molecular weight is 396 g/mol. The van der Waals surface area contributed by atoms with Crippen LogP contribution in [0.2, 0.25) is 0 Å². The Morgan fingerprint density at radius 1 is 1.21 bits per heavy atom. The number of carbonyl (C=O) groups is 2. The number of hydrogen-bond acceptors (Lipinski definition) is 5. The molecule has 1 aromatic heterocycles. The smallest absolute Gasteiger partial charge is 0.254 e. The molecule has 154 valence electrons. The molecule has 0 aliphatic heterocycles. The summed E-state index contributed by atoms with van der Waals surface area (Å²) in [6, 6.07) is 9.79. The summed E-state index contributed by atoms with van der Waals surface area (Å²) in [7, 11) is 0. The summed E-state index contributed by atoms with van der Waals surface area (Å²) >= 11 is 0. The van der Waals surface area contributed by atoms with Crippen molar-refractivity contribution in [2.75, 3.05) is 6.54 Å². The van der Waals surface area contributed by atoms with Gasteiger partial charge < -0.3 is 15.7 Å². The number of hydrogen-bond donors (Lipinski definition) is 3. The van der Waals surface area contributed by atoms with Crippen molar-refractivity contribution < 1.29 is 14.7 Å². The highest BCUT2D eigenvalue weighted by Gasteiger charge is 2.38. The zero-order valence-corrected chi connectivity index (χ0v) is 16.9. The summed E-state index contributed by atoms with van der Waals surface area (Å²) in [6.45, 7) is 3.68. The van der Waals surface area contributed by atoms with Crippen LogP contribution in [-0.4, -0.2) is 45.6 Å². The van der Waals surface area contributed by atoms with Gasteiger partial charge in [0.25, 0.3) is 5.91 Å². The summed E-state index contributed by atoms with van der Waals surface area (Å²) in [5.74, 6) is -0.351. The van der Waals surface area contributed by atoms with Crippen LogP contribution in [0.15, 0.2) is 42.9 Å². The van der Waals surface area contributed by atoms with E-state index in [2.05, 4.69) is 32.7 Å². The van der Waals surface area contributed by atoms with Gasteiger partial charge >= 0.3 is 0 Å². The normalized spacial score (nSPS) is 24.4. The van der Waals surface area contributed by atoms with E-state index in [1.165, 1.54) is 19.4 Å². The number of carbonyl (C=O) groups excluding carboxylic acids is 2. The molecular weight excluding hydrogens is 368 g/mol. The van der Waals surface area contributed by atoms with E-state index in [1.807, 2.05) is 18.2 Å². The number of aliphatic hydroxyl groups excluding tert-OH is 1. The van der Waals surface area contributed by atoms with Crippen molar-refractivity contribution in [1.82, 2.24) is 20.6 Å². The van der Waals surface area contributed by atoms with Gasteiger partial charge in [-0.2, -0.15) is 0 Å². The highest BCUT2D eigenvalue weighted by Crippen LogP contribution is 2.38. The highest BCUT2D eigenvalue weighted by atomic mass is 16.3. The van der Waals surface area contributed by atoms with Crippen molar-refractivity contribution in [2.45, 2.75) is 57.1 Å². The zero-order chi connectivity index (χ0) is 20.9. The second kappa shape index (κ2) is 9.13. The van der Waals surface area contributed by atoms with Crippen LogP contribution < -0.4 is 10.6 Å².